The molecule has 0 spiro atoms. The number of aromatic nitrogens is 3. The maximum absolute atomic E-state index is 13.0. The maximum Gasteiger partial charge on any atom is 1.00 e. The van der Waals surface area contributed by atoms with Crippen LogP contribution in [0.5, 0.6) is 0 Å². The second kappa shape index (κ2) is 23.4. The van der Waals surface area contributed by atoms with Gasteiger partial charge >= 0.3 is 66.0 Å². The number of anilines is 2. The summed E-state index contributed by atoms with van der Waals surface area (Å²) in [6, 6.07) is 4.09. The van der Waals surface area contributed by atoms with E-state index < -0.39 is 52.7 Å². The van der Waals surface area contributed by atoms with Crippen LogP contribution in [0.3, 0.4) is 0 Å². The van der Waals surface area contributed by atoms with Crippen LogP contribution < -0.4 is 41.0 Å². The van der Waals surface area contributed by atoms with Crippen molar-refractivity contribution in [2.45, 2.75) is 53.1 Å². The summed E-state index contributed by atoms with van der Waals surface area (Å²) in [5, 5.41) is 17.1. The first-order chi connectivity index (χ1) is 27.1. The van der Waals surface area contributed by atoms with Crippen molar-refractivity contribution in [1.82, 2.24) is 15.0 Å². The average molecular weight is 1010 g/mol. The van der Waals surface area contributed by atoms with Crippen molar-refractivity contribution in [3.05, 3.63) is 71.9 Å². The number of nitrogen functional groups attached to an aromatic ring is 2. The molecule has 0 unspecified atom stereocenters. The van der Waals surface area contributed by atoms with E-state index >= 15 is 0 Å². The third-order valence-corrected chi connectivity index (χ3v) is 9.85. The Morgan fingerprint density at radius 3 is 1.57 bits per heavy atom. The predicted molar refractivity (Wildman–Crippen MR) is 209 cm³/mol. The van der Waals surface area contributed by atoms with Gasteiger partial charge in [0.15, 0.2) is 0 Å². The number of H-pyrrole nitrogens is 1. The third kappa shape index (κ3) is 15.0. The molecule has 13 nitrogen and oxygen atoms in total. The van der Waals surface area contributed by atoms with Gasteiger partial charge in [0.1, 0.15) is 35.5 Å². The van der Waals surface area contributed by atoms with Gasteiger partial charge < -0.3 is 36.5 Å². The number of aryl methyl sites for hydroxylation is 3. The Balaban J connectivity index is 0.000000818. The average Bonchev–Trinajstić information content (AvgIpc) is 3.62. The summed E-state index contributed by atoms with van der Waals surface area (Å²) >= 11 is 9.00. The number of alkyl halides is 10. The number of ether oxygens (including phenoxy) is 2. The van der Waals surface area contributed by atoms with Crippen LogP contribution in [0.4, 0.5) is 50.9 Å². The molecule has 5 aromatic heterocycles. The van der Waals surface area contributed by atoms with Crippen LogP contribution in [0.2, 0.25) is 0 Å². The smallest absolute Gasteiger partial charge is 0.870 e. The number of halogens is 10. The number of carboxylic acids is 1. The third-order valence-electron chi connectivity index (χ3n) is 6.92. The van der Waals surface area contributed by atoms with Gasteiger partial charge in [-0.2, -0.15) is 44.8 Å². The van der Waals surface area contributed by atoms with Crippen molar-refractivity contribution < 1.29 is 104 Å². The van der Waals surface area contributed by atoms with Gasteiger partial charge in [-0.25, -0.2) is 19.6 Å². The van der Waals surface area contributed by atoms with Gasteiger partial charge in [0.05, 0.1) is 46.8 Å². The molecule has 0 aliphatic carbocycles. The molecule has 0 aliphatic rings. The zero-order chi connectivity index (χ0) is 45.4. The van der Waals surface area contributed by atoms with E-state index in [0.29, 0.717) is 23.3 Å². The van der Waals surface area contributed by atoms with Crippen LogP contribution >= 0.6 is 50.8 Å². The quantitative estimate of drug-likeness (QED) is 0.0457. The van der Waals surface area contributed by atoms with Gasteiger partial charge in [0, 0.05) is 27.9 Å². The van der Waals surface area contributed by atoms with Gasteiger partial charge in [0.2, 0.25) is 0 Å². The molecule has 5 heterocycles. The largest absolute Gasteiger partial charge is 1.00 e. The number of carboxylic acid groups (broad SMARTS) is 1. The van der Waals surface area contributed by atoms with Crippen LogP contribution in [0.1, 0.15) is 72.5 Å². The monoisotopic (exact) mass is 1000 g/mol. The molecule has 0 saturated carbocycles. The number of esters is 2. The van der Waals surface area contributed by atoms with E-state index in [1.54, 1.807) is 13.8 Å². The summed E-state index contributed by atoms with van der Waals surface area (Å²) in [6.07, 6.45) is -13.7. The van der Waals surface area contributed by atoms with Crippen molar-refractivity contribution in [3.63, 3.8) is 0 Å². The summed E-state index contributed by atoms with van der Waals surface area (Å²) in [7, 11) is 0. The molecule has 328 valence electrons. The summed E-state index contributed by atoms with van der Waals surface area (Å²) in [4.78, 5) is 42.8. The summed E-state index contributed by atoms with van der Waals surface area (Å²) in [5.41, 5.74) is 7.84. The first-order valence-electron chi connectivity index (χ1n) is 16.0. The topological polar surface area (TPSA) is 237 Å². The number of hydrogen-bond acceptors (Lipinski definition) is 14. The van der Waals surface area contributed by atoms with E-state index in [1.807, 2.05) is 0 Å². The summed E-state index contributed by atoms with van der Waals surface area (Å²) in [5.74, 6) is -2.30. The van der Waals surface area contributed by atoms with E-state index in [9.17, 15) is 53.9 Å². The number of rotatable bonds is 5. The number of nitrogens with one attached hydrogen (secondary N) is 1. The van der Waals surface area contributed by atoms with Gasteiger partial charge in [-0.1, -0.05) is 28.1 Å². The second-order valence-corrected chi connectivity index (χ2v) is 14.3. The van der Waals surface area contributed by atoms with E-state index in [4.69, 9.17) is 26.6 Å². The number of aromatic carboxylic acids is 1. The minimum absolute atomic E-state index is 0. The molecule has 0 amide bonds. The van der Waals surface area contributed by atoms with E-state index in [1.165, 1.54) is 26.8 Å². The van der Waals surface area contributed by atoms with Gasteiger partial charge in [0.25, 0.3) is 0 Å². The number of nitrogens with two attached hydrogens (primary N) is 2. The number of thiophene rings is 2. The molecule has 61 heavy (non-hydrogen) atoms. The van der Waals surface area contributed by atoms with Crippen molar-refractivity contribution in [1.29, 1.82) is 5.26 Å². The van der Waals surface area contributed by atoms with Gasteiger partial charge in [-0.15, -0.1) is 22.7 Å². The van der Waals surface area contributed by atoms with Crippen molar-refractivity contribution in [2.75, 3.05) is 30.0 Å². The molecule has 27 heteroatoms. The zero-order valence-corrected chi connectivity index (χ0v) is 38.3. The summed E-state index contributed by atoms with van der Waals surface area (Å²) < 4.78 is 124. The molecule has 5 rings (SSSR count). The molecular formula is C34H31BrF9N6NaO7S3. The van der Waals surface area contributed by atoms with E-state index in [2.05, 4.69) is 47.8 Å². The van der Waals surface area contributed by atoms with Crippen LogP contribution in [0, 0.1) is 36.7 Å². The number of nitriles is 1. The standard InChI is InChI=1S/C12H11F3N2O2S.C10H7F3N2O2S.C8H5F3N2S.C4H7BrO2.Na.H2O/c1-3-19-11(18)9-8(16)7-6(12(13,14)15)4-5(2)17-10(7)20-9;1-3-2-4(10(11,12)13)5-6(14)7(9(16)17)18-8(5)15-3;1-4-2-6(8(9,10)11)5(3-12)7(14)13-4;1-2-7-4(6)3-5;;/h4H,3,16H2,1-2H3;2H,14H2,1H3,(H,16,17);2H,1H3,(H,13,14);2-3H2,1H3;;1H2/q;;;;+1;/p-1. The Bertz CT molecular complexity index is 2470. The second-order valence-electron chi connectivity index (χ2n) is 11.3. The number of aromatic amines is 1. The zero-order valence-electron chi connectivity index (χ0n) is 32.3. The molecule has 0 fully saturated rings. The van der Waals surface area contributed by atoms with Gasteiger partial charge in [-0.3, -0.25) is 4.79 Å². The van der Waals surface area contributed by atoms with Crippen LogP contribution in [0.25, 0.3) is 20.4 Å². The normalized spacial score (nSPS) is 10.9. The Kier molecular flexibility index (Phi) is 21.8. The SMILES string of the molecule is CCOC(=O)CBr.CCOC(=O)c1sc2nc(C)cc(C(F)(F)F)c2c1N.Cc1cc(C(F)(F)F)c(C#N)c(=S)[nH]1.Cc1cc(C(F)(F)F)c2c(N)c(C(=O)O)sc2n1.[Na+].[OH-]. The number of carbonyl (C=O) groups excluding carboxylic acids is 2. The van der Waals surface area contributed by atoms with Gasteiger partial charge in [-0.05, 0) is 52.8 Å². The number of hydrogen-bond donors (Lipinski definition) is 4. The molecular weight excluding hydrogens is 974 g/mol. The fourth-order valence-electron chi connectivity index (χ4n) is 4.66. The molecule has 0 atom stereocenters. The number of pyridine rings is 3. The molecule has 5 aromatic rings. The molecule has 0 aliphatic heterocycles. The van der Waals surface area contributed by atoms with Crippen LogP contribution in [-0.2, 0) is 32.8 Å². The molecule has 0 radical (unpaired) electrons. The van der Waals surface area contributed by atoms with Crippen LogP contribution in [0.15, 0.2) is 18.2 Å². The van der Waals surface area contributed by atoms with E-state index in [0.717, 1.165) is 29.5 Å². The number of carbonyl (C=O) groups is 3. The fraction of sp³-hybridized carbons (Fsp3) is 0.324. The molecule has 0 aromatic carbocycles. The van der Waals surface area contributed by atoms with Crippen molar-refractivity contribution in [3.8, 4) is 6.07 Å². The molecule has 0 bridgehead atoms. The molecule has 7 N–H and O–H groups in total. The fourth-order valence-corrected chi connectivity index (χ4v) is 7.21. The predicted octanol–water partition coefficient (Wildman–Crippen LogP) is 7.00. The minimum Gasteiger partial charge on any atom is -0.870 e. The molecule has 0 saturated heterocycles. The van der Waals surface area contributed by atoms with Crippen molar-refractivity contribution >= 4 is 101 Å². The minimum atomic E-state index is -4.60. The van der Waals surface area contributed by atoms with Crippen molar-refractivity contribution in [2.24, 2.45) is 0 Å². The number of nitrogens with zero attached hydrogens (tertiary/aromatic N) is 3. The number of fused-ring (bicyclic) bond motifs is 2. The first-order valence-corrected chi connectivity index (χ1v) is 19.2. The Morgan fingerprint density at radius 1 is 0.820 bits per heavy atom. The Labute approximate surface area is 383 Å². The maximum atomic E-state index is 13.0. The van der Waals surface area contributed by atoms with E-state index in [-0.39, 0.29) is 111 Å². The Hall–Kier alpha value is -4.10. The van der Waals surface area contributed by atoms with Crippen LogP contribution in [-0.4, -0.2) is 62.0 Å². The Morgan fingerprint density at radius 2 is 1.23 bits per heavy atom. The first kappa shape index (κ1) is 56.9. The summed E-state index contributed by atoms with van der Waals surface area (Å²) in [6.45, 7) is 8.27.